The molecule has 2 heterocycles. The van der Waals surface area contributed by atoms with Gasteiger partial charge in [0.1, 0.15) is 0 Å². The largest absolute Gasteiger partial charge is 0.346 e. The molecule has 31 heavy (non-hydrogen) atoms. The zero-order valence-corrected chi connectivity index (χ0v) is 20.5. The van der Waals surface area contributed by atoms with E-state index in [9.17, 15) is 13.2 Å². The van der Waals surface area contributed by atoms with Gasteiger partial charge in [0.25, 0.3) is 0 Å². The molecule has 0 spiro atoms. The minimum atomic E-state index is -3.04. The van der Waals surface area contributed by atoms with E-state index in [4.69, 9.17) is 0 Å². The van der Waals surface area contributed by atoms with Crippen molar-refractivity contribution in [3.05, 3.63) is 29.1 Å². The molecule has 7 heteroatoms. The second-order valence-corrected chi connectivity index (χ2v) is 11.8. The van der Waals surface area contributed by atoms with Crippen LogP contribution < -0.4 is 0 Å². The van der Waals surface area contributed by atoms with Crippen LogP contribution in [0.3, 0.4) is 0 Å². The van der Waals surface area contributed by atoms with E-state index in [0.717, 1.165) is 18.5 Å². The minimum absolute atomic E-state index is 0.0803. The Labute approximate surface area is 188 Å². The first-order chi connectivity index (χ1) is 14.7. The zero-order valence-electron chi connectivity index (χ0n) is 19.6. The highest BCUT2D eigenvalue weighted by Gasteiger charge is 2.33. The molecule has 1 saturated carbocycles. The van der Waals surface area contributed by atoms with E-state index >= 15 is 0 Å². The van der Waals surface area contributed by atoms with Gasteiger partial charge in [0.05, 0.1) is 11.5 Å². The summed E-state index contributed by atoms with van der Waals surface area (Å²) in [5, 5.41) is 0. The molecular weight excluding hydrogens is 410 g/mol. The maximum Gasteiger partial charge on any atom is 0.246 e. The molecule has 2 aliphatic rings. The van der Waals surface area contributed by atoms with Gasteiger partial charge in [-0.15, -0.1) is 0 Å². The van der Waals surface area contributed by atoms with Crippen molar-refractivity contribution < 1.29 is 13.2 Å². The number of carbonyl (C=O) groups is 1. The Morgan fingerprint density at radius 1 is 1.13 bits per heavy atom. The molecule has 1 aromatic rings. The van der Waals surface area contributed by atoms with Gasteiger partial charge in [-0.1, -0.05) is 19.3 Å². The third-order valence-electron chi connectivity index (χ3n) is 6.81. The number of hydrogen-bond acceptors (Lipinski definition) is 4. The van der Waals surface area contributed by atoms with Gasteiger partial charge in [0.15, 0.2) is 9.84 Å². The first-order valence-electron chi connectivity index (χ1n) is 11.7. The molecule has 0 N–H and O–H groups in total. The van der Waals surface area contributed by atoms with Gasteiger partial charge in [-0.05, 0) is 77.9 Å². The lowest BCUT2D eigenvalue weighted by Gasteiger charge is -2.28. The quantitative estimate of drug-likeness (QED) is 0.569. The van der Waals surface area contributed by atoms with Gasteiger partial charge < -0.3 is 14.4 Å². The highest BCUT2D eigenvalue weighted by atomic mass is 32.2. The standard InChI is InChI=1S/C24H39N3O3S/c1-19-17-21(20(2)27(19)22-9-6-5-7-10-22)11-12-24(28)26(15-8-14-25(3)4)23-13-16-31(29,30)18-23/h11-12,17,22-23H,5-10,13-16,18H2,1-4H3/b12-11+. The molecule has 0 aromatic carbocycles. The number of sulfone groups is 1. The van der Waals surface area contributed by atoms with E-state index < -0.39 is 9.84 Å². The lowest BCUT2D eigenvalue weighted by molar-refractivity contribution is -0.127. The van der Waals surface area contributed by atoms with Crippen molar-refractivity contribution in [3.63, 3.8) is 0 Å². The Kier molecular flexibility index (Phi) is 8.03. The number of amides is 1. The molecule has 1 saturated heterocycles. The van der Waals surface area contributed by atoms with Crippen LogP contribution in [0.15, 0.2) is 12.1 Å². The molecule has 1 aliphatic heterocycles. The smallest absolute Gasteiger partial charge is 0.246 e. The monoisotopic (exact) mass is 449 g/mol. The summed E-state index contributed by atoms with van der Waals surface area (Å²) in [5.74, 6) is 0.190. The summed E-state index contributed by atoms with van der Waals surface area (Å²) in [7, 11) is 0.981. The molecule has 2 fully saturated rings. The molecule has 0 bridgehead atoms. The van der Waals surface area contributed by atoms with Crippen molar-refractivity contribution in [1.82, 2.24) is 14.4 Å². The van der Waals surface area contributed by atoms with Crippen LogP contribution in [0.5, 0.6) is 0 Å². The van der Waals surface area contributed by atoms with E-state index in [2.05, 4.69) is 29.4 Å². The molecule has 1 aromatic heterocycles. The molecule has 1 amide bonds. The summed E-state index contributed by atoms with van der Waals surface area (Å²) in [6.07, 6.45) is 11.3. The fourth-order valence-corrected chi connectivity index (χ4v) is 6.91. The number of carbonyl (C=O) groups excluding carboxylic acids is 1. The normalized spacial score (nSPS) is 21.9. The van der Waals surface area contributed by atoms with Crippen LogP contribution in [-0.2, 0) is 14.6 Å². The SMILES string of the molecule is Cc1cc(/C=C/C(=O)N(CCCN(C)C)C2CCS(=O)(=O)C2)c(C)n1C1CCCCC1. The number of hydrogen-bond donors (Lipinski definition) is 0. The third-order valence-corrected chi connectivity index (χ3v) is 8.56. The first kappa shape index (κ1) is 24.1. The maximum atomic E-state index is 13.1. The molecule has 1 atom stereocenters. The van der Waals surface area contributed by atoms with Gasteiger partial charge in [-0.2, -0.15) is 0 Å². The van der Waals surface area contributed by atoms with Crippen LogP contribution in [0.4, 0.5) is 0 Å². The second kappa shape index (κ2) is 10.3. The third kappa shape index (κ3) is 6.22. The Bertz CT molecular complexity index is 895. The number of rotatable bonds is 8. The predicted octanol–water partition coefficient (Wildman–Crippen LogP) is 3.59. The first-order valence-corrected chi connectivity index (χ1v) is 13.5. The van der Waals surface area contributed by atoms with Crippen molar-refractivity contribution in [2.24, 2.45) is 0 Å². The fourth-order valence-electron chi connectivity index (χ4n) is 5.18. The van der Waals surface area contributed by atoms with E-state index in [1.807, 2.05) is 20.2 Å². The number of nitrogens with zero attached hydrogens (tertiary/aromatic N) is 3. The predicted molar refractivity (Wildman–Crippen MR) is 127 cm³/mol. The van der Waals surface area contributed by atoms with Crippen LogP contribution in [0.1, 0.15) is 67.9 Å². The van der Waals surface area contributed by atoms with Crippen LogP contribution in [-0.4, -0.2) is 73.4 Å². The minimum Gasteiger partial charge on any atom is -0.346 e. The van der Waals surface area contributed by atoms with Crippen molar-refractivity contribution in [3.8, 4) is 0 Å². The van der Waals surface area contributed by atoms with E-state index in [1.165, 1.54) is 43.5 Å². The van der Waals surface area contributed by atoms with Crippen molar-refractivity contribution in [2.75, 3.05) is 38.7 Å². The zero-order chi connectivity index (χ0) is 22.6. The van der Waals surface area contributed by atoms with Crippen LogP contribution >= 0.6 is 0 Å². The molecular formula is C24H39N3O3S. The van der Waals surface area contributed by atoms with Crippen molar-refractivity contribution >= 4 is 21.8 Å². The fraction of sp³-hybridized carbons (Fsp3) is 0.708. The van der Waals surface area contributed by atoms with Crippen LogP contribution in [0.2, 0.25) is 0 Å². The van der Waals surface area contributed by atoms with E-state index in [-0.39, 0.29) is 23.5 Å². The van der Waals surface area contributed by atoms with Crippen molar-refractivity contribution in [1.29, 1.82) is 0 Å². The van der Waals surface area contributed by atoms with E-state index in [1.54, 1.807) is 11.0 Å². The lowest BCUT2D eigenvalue weighted by atomic mass is 9.95. The average molecular weight is 450 g/mol. The Hall–Kier alpha value is -1.60. The number of aryl methyl sites for hydroxylation is 1. The summed E-state index contributed by atoms with van der Waals surface area (Å²) in [6.45, 7) is 5.75. The topological polar surface area (TPSA) is 62.6 Å². The van der Waals surface area contributed by atoms with E-state index in [0.29, 0.717) is 19.0 Å². The van der Waals surface area contributed by atoms with Gasteiger partial charge in [0.2, 0.25) is 5.91 Å². The Balaban J connectivity index is 1.74. The highest BCUT2D eigenvalue weighted by molar-refractivity contribution is 7.91. The van der Waals surface area contributed by atoms with Gasteiger partial charge in [-0.25, -0.2) is 8.42 Å². The Morgan fingerprint density at radius 2 is 1.84 bits per heavy atom. The van der Waals surface area contributed by atoms with Crippen LogP contribution in [0, 0.1) is 13.8 Å². The summed E-state index contributed by atoms with van der Waals surface area (Å²) in [5.41, 5.74) is 3.56. The molecule has 1 unspecified atom stereocenters. The van der Waals surface area contributed by atoms with Crippen molar-refractivity contribution in [2.45, 2.75) is 70.9 Å². The lowest BCUT2D eigenvalue weighted by Crippen LogP contribution is -2.41. The van der Waals surface area contributed by atoms with Gasteiger partial charge in [-0.3, -0.25) is 4.79 Å². The number of aromatic nitrogens is 1. The van der Waals surface area contributed by atoms with Gasteiger partial charge in [0, 0.05) is 36.1 Å². The maximum absolute atomic E-state index is 13.1. The molecule has 1 aliphatic carbocycles. The Morgan fingerprint density at radius 3 is 2.45 bits per heavy atom. The van der Waals surface area contributed by atoms with Crippen LogP contribution in [0.25, 0.3) is 6.08 Å². The molecule has 174 valence electrons. The summed E-state index contributed by atoms with van der Waals surface area (Å²) in [4.78, 5) is 17.0. The summed E-state index contributed by atoms with van der Waals surface area (Å²) in [6, 6.07) is 2.53. The highest BCUT2D eigenvalue weighted by Crippen LogP contribution is 2.32. The second-order valence-electron chi connectivity index (χ2n) is 9.57. The average Bonchev–Trinajstić information content (AvgIpc) is 3.21. The summed E-state index contributed by atoms with van der Waals surface area (Å²) < 4.78 is 26.4. The molecule has 3 rings (SSSR count). The molecule has 0 radical (unpaired) electrons. The van der Waals surface area contributed by atoms with Gasteiger partial charge >= 0.3 is 0 Å². The molecule has 6 nitrogen and oxygen atoms in total. The summed E-state index contributed by atoms with van der Waals surface area (Å²) >= 11 is 0.